The van der Waals surface area contributed by atoms with Crippen LogP contribution >= 0.6 is 0 Å². The Kier molecular flexibility index (Phi) is 6.21. The highest BCUT2D eigenvalue weighted by atomic mass is 16.5. The van der Waals surface area contributed by atoms with Crippen LogP contribution in [0.2, 0.25) is 0 Å². The number of carboxylic acid groups (broad SMARTS) is 1. The van der Waals surface area contributed by atoms with Gasteiger partial charge in [0.25, 0.3) is 0 Å². The molecule has 0 aliphatic rings. The lowest BCUT2D eigenvalue weighted by molar-refractivity contribution is -0.141. The predicted octanol–water partition coefficient (Wildman–Crippen LogP) is 2.42. The highest BCUT2D eigenvalue weighted by Gasteiger charge is 2.18. The van der Waals surface area contributed by atoms with E-state index < -0.39 is 11.9 Å². The number of aromatic nitrogens is 2. The molecule has 0 saturated carbocycles. The summed E-state index contributed by atoms with van der Waals surface area (Å²) in [5.41, 5.74) is 0. The van der Waals surface area contributed by atoms with E-state index in [2.05, 4.69) is 15.3 Å². The second kappa shape index (κ2) is 7.67. The van der Waals surface area contributed by atoms with Gasteiger partial charge in [0.05, 0.1) is 12.0 Å². The van der Waals surface area contributed by atoms with Crippen LogP contribution < -0.4 is 10.1 Å². The van der Waals surface area contributed by atoms with E-state index in [4.69, 9.17) is 4.74 Å². The number of ether oxygens (including phenoxy) is 1. The molecule has 1 atom stereocenters. The average Bonchev–Trinajstić information content (AvgIpc) is 2.33. The standard InChI is InChI=1S/C14H23N3O3/c1-9(2)5-11(14(18)19)7-15-12-6-13(17-8-16-12)20-10(3)4/h6,8-11H,5,7H2,1-4H3,(H,18,19)(H,15,16,17). The summed E-state index contributed by atoms with van der Waals surface area (Å²) in [7, 11) is 0. The van der Waals surface area contributed by atoms with Gasteiger partial charge >= 0.3 is 5.97 Å². The zero-order valence-electron chi connectivity index (χ0n) is 12.5. The van der Waals surface area contributed by atoms with Gasteiger partial charge < -0.3 is 15.2 Å². The molecule has 112 valence electrons. The van der Waals surface area contributed by atoms with Gasteiger partial charge in [-0.15, -0.1) is 0 Å². The van der Waals surface area contributed by atoms with Crippen LogP contribution in [0.25, 0.3) is 0 Å². The van der Waals surface area contributed by atoms with E-state index in [9.17, 15) is 9.90 Å². The van der Waals surface area contributed by atoms with E-state index in [1.165, 1.54) is 6.33 Å². The van der Waals surface area contributed by atoms with Gasteiger partial charge in [0.1, 0.15) is 12.1 Å². The Bertz CT molecular complexity index is 435. The molecule has 1 heterocycles. The smallest absolute Gasteiger partial charge is 0.308 e. The zero-order chi connectivity index (χ0) is 15.1. The Morgan fingerprint density at radius 2 is 2.05 bits per heavy atom. The fourth-order valence-electron chi connectivity index (χ4n) is 1.81. The third kappa shape index (κ3) is 5.86. The number of nitrogens with one attached hydrogen (secondary N) is 1. The van der Waals surface area contributed by atoms with E-state index in [-0.39, 0.29) is 6.10 Å². The molecule has 6 heteroatoms. The van der Waals surface area contributed by atoms with Crippen molar-refractivity contribution in [2.24, 2.45) is 11.8 Å². The molecule has 0 spiro atoms. The molecule has 0 bridgehead atoms. The number of anilines is 1. The SMILES string of the molecule is CC(C)CC(CNc1cc(OC(C)C)ncn1)C(=O)O. The first-order valence-electron chi connectivity index (χ1n) is 6.83. The van der Waals surface area contributed by atoms with E-state index >= 15 is 0 Å². The quantitative estimate of drug-likeness (QED) is 0.761. The lowest BCUT2D eigenvalue weighted by Crippen LogP contribution is -2.24. The summed E-state index contributed by atoms with van der Waals surface area (Å²) in [6, 6.07) is 1.67. The number of carbonyl (C=O) groups is 1. The molecule has 0 radical (unpaired) electrons. The van der Waals surface area contributed by atoms with Crippen LogP contribution in [0.15, 0.2) is 12.4 Å². The van der Waals surface area contributed by atoms with Gasteiger partial charge in [-0.05, 0) is 26.2 Å². The van der Waals surface area contributed by atoms with E-state index in [0.717, 1.165) is 0 Å². The van der Waals surface area contributed by atoms with Gasteiger partial charge in [0.2, 0.25) is 5.88 Å². The van der Waals surface area contributed by atoms with E-state index in [0.29, 0.717) is 30.6 Å². The van der Waals surface area contributed by atoms with Crippen molar-refractivity contribution < 1.29 is 14.6 Å². The highest BCUT2D eigenvalue weighted by Crippen LogP contribution is 2.16. The molecule has 1 aromatic heterocycles. The van der Waals surface area contributed by atoms with Crippen LogP contribution in [0.1, 0.15) is 34.1 Å². The second-order valence-corrected chi connectivity index (χ2v) is 5.45. The first-order chi connectivity index (χ1) is 9.38. The van der Waals surface area contributed by atoms with Crippen LogP contribution in [-0.2, 0) is 4.79 Å². The summed E-state index contributed by atoms with van der Waals surface area (Å²) in [5.74, 6) is 0.167. The van der Waals surface area contributed by atoms with Gasteiger partial charge in [-0.3, -0.25) is 4.79 Å². The van der Waals surface area contributed by atoms with Gasteiger partial charge in [-0.1, -0.05) is 13.8 Å². The molecule has 1 aromatic rings. The van der Waals surface area contributed by atoms with Crippen molar-refractivity contribution in [2.75, 3.05) is 11.9 Å². The Morgan fingerprint density at radius 3 is 2.60 bits per heavy atom. The van der Waals surface area contributed by atoms with Crippen molar-refractivity contribution in [3.05, 3.63) is 12.4 Å². The fourth-order valence-corrected chi connectivity index (χ4v) is 1.81. The van der Waals surface area contributed by atoms with Crippen molar-refractivity contribution in [2.45, 2.75) is 40.2 Å². The Morgan fingerprint density at radius 1 is 1.35 bits per heavy atom. The largest absolute Gasteiger partial charge is 0.481 e. The van der Waals surface area contributed by atoms with Crippen molar-refractivity contribution in [3.8, 4) is 5.88 Å². The van der Waals surface area contributed by atoms with Gasteiger partial charge in [-0.2, -0.15) is 0 Å². The third-order valence-corrected chi connectivity index (χ3v) is 2.63. The molecule has 0 aliphatic carbocycles. The molecule has 6 nitrogen and oxygen atoms in total. The normalized spacial score (nSPS) is 12.5. The van der Waals surface area contributed by atoms with Crippen LogP contribution in [-0.4, -0.2) is 33.7 Å². The second-order valence-electron chi connectivity index (χ2n) is 5.45. The lowest BCUT2D eigenvalue weighted by Gasteiger charge is -2.16. The van der Waals surface area contributed by atoms with Gasteiger partial charge in [0, 0.05) is 12.6 Å². The summed E-state index contributed by atoms with van der Waals surface area (Å²) in [6.45, 7) is 8.19. The van der Waals surface area contributed by atoms with Crippen molar-refractivity contribution in [1.29, 1.82) is 0 Å². The topological polar surface area (TPSA) is 84.3 Å². The van der Waals surface area contributed by atoms with Gasteiger partial charge in [0.15, 0.2) is 0 Å². The summed E-state index contributed by atoms with van der Waals surface area (Å²) in [5, 5.41) is 12.2. The number of hydrogen-bond donors (Lipinski definition) is 2. The minimum Gasteiger partial charge on any atom is -0.481 e. The number of nitrogens with zero attached hydrogens (tertiary/aromatic N) is 2. The minimum atomic E-state index is -0.793. The number of carboxylic acids is 1. The van der Waals surface area contributed by atoms with Crippen LogP contribution in [0.5, 0.6) is 5.88 Å². The van der Waals surface area contributed by atoms with Crippen molar-refractivity contribution >= 4 is 11.8 Å². The maximum absolute atomic E-state index is 11.2. The molecule has 20 heavy (non-hydrogen) atoms. The molecule has 0 aliphatic heterocycles. The molecular weight excluding hydrogens is 258 g/mol. The van der Waals surface area contributed by atoms with Crippen molar-refractivity contribution in [1.82, 2.24) is 9.97 Å². The zero-order valence-corrected chi connectivity index (χ0v) is 12.5. The maximum atomic E-state index is 11.2. The first kappa shape index (κ1) is 16.2. The average molecular weight is 281 g/mol. The van der Waals surface area contributed by atoms with E-state index in [1.54, 1.807) is 6.07 Å². The summed E-state index contributed by atoms with van der Waals surface area (Å²) in [4.78, 5) is 19.2. The molecule has 1 rings (SSSR count). The van der Waals surface area contributed by atoms with Crippen LogP contribution in [0.4, 0.5) is 5.82 Å². The maximum Gasteiger partial charge on any atom is 0.308 e. The molecule has 0 aromatic carbocycles. The summed E-state index contributed by atoms with van der Waals surface area (Å²) < 4.78 is 5.47. The van der Waals surface area contributed by atoms with Gasteiger partial charge in [-0.25, -0.2) is 9.97 Å². The molecule has 0 amide bonds. The lowest BCUT2D eigenvalue weighted by atomic mass is 9.97. The van der Waals surface area contributed by atoms with Crippen LogP contribution in [0, 0.1) is 11.8 Å². The molecule has 0 fully saturated rings. The van der Waals surface area contributed by atoms with Crippen LogP contribution in [0.3, 0.4) is 0 Å². The van der Waals surface area contributed by atoms with Crippen molar-refractivity contribution in [3.63, 3.8) is 0 Å². The molecule has 2 N–H and O–H groups in total. The monoisotopic (exact) mass is 281 g/mol. The summed E-state index contributed by atoms with van der Waals surface area (Å²) in [6.07, 6.45) is 2.06. The highest BCUT2D eigenvalue weighted by molar-refractivity contribution is 5.70. The molecule has 0 saturated heterocycles. The minimum absolute atomic E-state index is 0.0328. The third-order valence-electron chi connectivity index (χ3n) is 2.63. The number of aliphatic carboxylic acids is 1. The Hall–Kier alpha value is -1.85. The Balaban J connectivity index is 2.61. The number of hydrogen-bond acceptors (Lipinski definition) is 5. The Labute approximate surface area is 119 Å². The first-order valence-corrected chi connectivity index (χ1v) is 6.83. The fraction of sp³-hybridized carbons (Fsp3) is 0.643. The molecular formula is C14H23N3O3. The van der Waals surface area contributed by atoms with E-state index in [1.807, 2.05) is 27.7 Å². The number of rotatable bonds is 8. The summed E-state index contributed by atoms with van der Waals surface area (Å²) >= 11 is 0. The molecule has 1 unspecified atom stereocenters. The predicted molar refractivity (Wildman–Crippen MR) is 76.9 cm³/mol.